The van der Waals surface area contributed by atoms with Crippen LogP contribution in [-0.4, -0.2) is 72.4 Å². The maximum absolute atomic E-state index is 15.8. The van der Waals surface area contributed by atoms with Crippen molar-refractivity contribution >= 4 is 35.8 Å². The van der Waals surface area contributed by atoms with E-state index in [1.54, 1.807) is 0 Å². The van der Waals surface area contributed by atoms with Gasteiger partial charge in [0.2, 0.25) is 0 Å². The second-order valence-corrected chi connectivity index (χ2v) is 39.2. The summed E-state index contributed by atoms with van der Waals surface area (Å²) in [6.45, 7) is 13.6. The Morgan fingerprint density at radius 2 is 0.263 bits per heavy atom. The molecule has 7 saturated carbocycles. The van der Waals surface area contributed by atoms with Crippen molar-refractivity contribution in [2.24, 2.45) is 71.0 Å². The molecule has 0 unspecified atom stereocenters. The first kappa shape index (κ1) is 97.9. The quantitative estimate of drug-likeness (QED) is 0.0323. The minimum atomic E-state index is -1.55. The normalized spacial score (nSPS) is 28.8. The molecule has 0 aromatic carbocycles. The number of rotatable bonds is 60. The molecular weight excluding hydrogens is 1420 g/mol. The van der Waals surface area contributed by atoms with Gasteiger partial charge in [0.1, 0.15) is 0 Å². The Morgan fingerprint density at radius 1 is 0.158 bits per heavy atom. The SMILES string of the molecule is CCCCCCCCCC1CCC(C(=O)OC2C(OC(=O)C3CCC(CCCCCCCCC)CC3)C(OC(=O)C3CCC(CCCCCCCCC)CC3)C(OC(=O)C3CCC(CCCCCCCCC)CC3)C(OC(=O)C3CCC(CCCCCCCCC)CC3)C2OC(=O)C2CCC(CCCCCCCCC)CC2)CC1. The number of carbonyl (C=O) groups excluding carboxylic acids is 6. The van der Waals surface area contributed by atoms with Crippen LogP contribution >= 0.6 is 0 Å². The summed E-state index contributed by atoms with van der Waals surface area (Å²) in [4.78, 5) is 94.7. The van der Waals surface area contributed by atoms with E-state index in [9.17, 15) is 0 Å². The van der Waals surface area contributed by atoms with Gasteiger partial charge in [-0.15, -0.1) is 0 Å². The second kappa shape index (κ2) is 60.3. The summed E-state index contributed by atoms with van der Waals surface area (Å²) in [6.07, 6.45) is 68.5. The van der Waals surface area contributed by atoms with Crippen molar-refractivity contribution < 1.29 is 57.2 Å². The summed E-state index contributed by atoms with van der Waals surface area (Å²) in [5.41, 5.74) is 0. The van der Waals surface area contributed by atoms with Gasteiger partial charge in [0.25, 0.3) is 0 Å². The van der Waals surface area contributed by atoms with Crippen LogP contribution in [-0.2, 0) is 57.2 Å². The van der Waals surface area contributed by atoms with Crippen molar-refractivity contribution in [3.63, 3.8) is 0 Å². The van der Waals surface area contributed by atoms with Crippen LogP contribution in [0.2, 0.25) is 0 Å². The van der Waals surface area contributed by atoms with Gasteiger partial charge < -0.3 is 28.4 Å². The highest BCUT2D eigenvalue weighted by Gasteiger charge is 2.63. The third-order valence-corrected chi connectivity index (χ3v) is 29.8. The fourth-order valence-corrected chi connectivity index (χ4v) is 21.8. The van der Waals surface area contributed by atoms with Gasteiger partial charge in [-0.1, -0.05) is 350 Å². The zero-order valence-electron chi connectivity index (χ0n) is 75.2. The lowest BCUT2D eigenvalue weighted by Gasteiger charge is -2.49. The number of hydrogen-bond acceptors (Lipinski definition) is 12. The minimum absolute atomic E-state index is 0.467. The monoisotopic (exact) mass is 1600 g/mol. The molecule has 0 atom stereocenters. The van der Waals surface area contributed by atoms with Crippen molar-refractivity contribution in [2.75, 3.05) is 0 Å². The molecule has 0 N–H and O–H groups in total. The molecular formula is C102H180O12. The van der Waals surface area contributed by atoms with Gasteiger partial charge >= 0.3 is 35.8 Å². The Hall–Kier alpha value is -3.18. The van der Waals surface area contributed by atoms with Crippen LogP contribution in [0.5, 0.6) is 0 Å². The second-order valence-electron chi connectivity index (χ2n) is 39.2. The van der Waals surface area contributed by atoms with E-state index in [-0.39, 0.29) is 0 Å². The van der Waals surface area contributed by atoms with Crippen LogP contribution < -0.4 is 0 Å². The molecule has 0 aromatic heterocycles. The maximum atomic E-state index is 15.8. The molecule has 12 heteroatoms. The van der Waals surface area contributed by atoms with Crippen molar-refractivity contribution in [1.82, 2.24) is 0 Å². The summed E-state index contributed by atoms with van der Waals surface area (Å²) in [5, 5.41) is 0. The van der Waals surface area contributed by atoms with Gasteiger partial charge in [0.05, 0.1) is 35.5 Å². The molecule has 0 spiro atoms. The van der Waals surface area contributed by atoms with Crippen LogP contribution in [0.4, 0.5) is 0 Å². The Morgan fingerprint density at radius 3 is 0.377 bits per heavy atom. The van der Waals surface area contributed by atoms with Gasteiger partial charge in [0, 0.05) is 0 Å². The van der Waals surface area contributed by atoms with E-state index < -0.39 is 108 Å². The Kier molecular flexibility index (Phi) is 51.8. The fraction of sp³-hybridized carbons (Fsp3) is 0.941. The molecule has 0 amide bonds. The van der Waals surface area contributed by atoms with E-state index in [0.717, 1.165) is 116 Å². The summed E-state index contributed by atoms with van der Waals surface area (Å²) >= 11 is 0. The lowest BCUT2D eigenvalue weighted by molar-refractivity contribution is -0.267. The minimum Gasteiger partial charge on any atom is -0.454 e. The summed E-state index contributed by atoms with van der Waals surface area (Å²) in [5.74, 6) is -2.64. The zero-order valence-corrected chi connectivity index (χ0v) is 75.2. The van der Waals surface area contributed by atoms with E-state index in [4.69, 9.17) is 28.4 Å². The zero-order chi connectivity index (χ0) is 81.0. The topological polar surface area (TPSA) is 158 Å². The lowest BCUT2D eigenvalue weighted by atomic mass is 9.78. The molecule has 660 valence electrons. The summed E-state index contributed by atoms with van der Waals surface area (Å²) in [7, 11) is 0. The fourth-order valence-electron chi connectivity index (χ4n) is 21.8. The first-order valence-electron chi connectivity index (χ1n) is 51.1. The third-order valence-electron chi connectivity index (χ3n) is 29.8. The summed E-state index contributed by atoms with van der Waals surface area (Å²) in [6, 6.07) is 0. The predicted molar refractivity (Wildman–Crippen MR) is 468 cm³/mol. The average molecular weight is 1600 g/mol. The van der Waals surface area contributed by atoms with Gasteiger partial charge in [-0.25, -0.2) is 0 Å². The van der Waals surface area contributed by atoms with Crippen LogP contribution in [0.25, 0.3) is 0 Å². The molecule has 0 heterocycles. The van der Waals surface area contributed by atoms with Crippen LogP contribution in [0.15, 0.2) is 0 Å². The van der Waals surface area contributed by atoms with E-state index >= 15 is 28.8 Å². The van der Waals surface area contributed by atoms with Crippen molar-refractivity contribution in [2.45, 2.75) is 540 Å². The Balaban J connectivity index is 1.26. The van der Waals surface area contributed by atoms with Crippen molar-refractivity contribution in [3.05, 3.63) is 0 Å². The molecule has 114 heavy (non-hydrogen) atoms. The smallest absolute Gasteiger partial charge is 0.309 e. The molecule has 0 saturated heterocycles. The number of ether oxygens (including phenoxy) is 6. The highest BCUT2D eigenvalue weighted by atomic mass is 16.7. The van der Waals surface area contributed by atoms with Crippen LogP contribution in [0, 0.1) is 71.0 Å². The van der Waals surface area contributed by atoms with E-state index in [2.05, 4.69) is 41.5 Å². The van der Waals surface area contributed by atoms with Crippen LogP contribution in [0.1, 0.15) is 504 Å². The highest BCUT2D eigenvalue weighted by molar-refractivity contribution is 5.77. The molecule has 7 rings (SSSR count). The summed E-state index contributed by atoms with van der Waals surface area (Å²) < 4.78 is 42.8. The number of carbonyl (C=O) groups is 6. The standard InChI is InChI=1S/C102H180O12/c1-7-13-19-25-31-37-43-49-79-55-67-85(68-56-79)97(103)109-91-92(110-98(104)86-69-57-80(58-70-86)50-44-38-32-26-20-14-8-2)94(112-100(106)88-73-61-82(62-74-88)52-46-40-34-28-22-16-10-4)96(114-102(108)90-77-65-84(66-78-90)54-48-42-36-30-24-18-12-6)95(113-101(107)89-75-63-83(64-76-89)53-47-41-35-29-23-17-11-5)93(91)111-99(105)87-71-59-81(60-72-87)51-45-39-33-27-21-15-9-3/h79-96H,7-78H2,1-6H3. The number of unbranched alkanes of at least 4 members (excludes halogenated alkanes) is 36. The van der Waals surface area contributed by atoms with Crippen molar-refractivity contribution in [1.29, 1.82) is 0 Å². The number of hydrogen-bond donors (Lipinski definition) is 0. The van der Waals surface area contributed by atoms with Gasteiger partial charge in [-0.2, -0.15) is 0 Å². The molecule has 0 radical (unpaired) electrons. The molecule has 12 nitrogen and oxygen atoms in total. The van der Waals surface area contributed by atoms with E-state index in [0.29, 0.717) is 113 Å². The van der Waals surface area contributed by atoms with Gasteiger partial charge in [-0.3, -0.25) is 28.8 Å². The third kappa shape index (κ3) is 37.8. The maximum Gasteiger partial charge on any atom is 0.309 e. The Labute approximate surface area is 700 Å². The first-order valence-corrected chi connectivity index (χ1v) is 51.1. The lowest BCUT2D eigenvalue weighted by Crippen LogP contribution is -2.70. The van der Waals surface area contributed by atoms with Gasteiger partial charge in [-0.05, 0) is 190 Å². The van der Waals surface area contributed by atoms with E-state index in [1.807, 2.05) is 0 Å². The molecule has 0 bridgehead atoms. The molecule has 7 aliphatic rings. The highest BCUT2D eigenvalue weighted by Crippen LogP contribution is 2.45. The Bertz CT molecular complexity index is 2020. The molecule has 7 fully saturated rings. The first-order chi connectivity index (χ1) is 55.9. The average Bonchev–Trinajstić information content (AvgIpc) is 0.748. The molecule has 0 aromatic rings. The van der Waals surface area contributed by atoms with Crippen molar-refractivity contribution in [3.8, 4) is 0 Å². The molecule has 0 aliphatic heterocycles. The number of esters is 6. The molecule has 7 aliphatic carbocycles. The predicted octanol–water partition coefficient (Wildman–Crippen LogP) is 29.2. The van der Waals surface area contributed by atoms with Crippen LogP contribution in [0.3, 0.4) is 0 Å². The van der Waals surface area contributed by atoms with Gasteiger partial charge in [0.15, 0.2) is 36.6 Å². The largest absolute Gasteiger partial charge is 0.454 e. The van der Waals surface area contributed by atoms with E-state index in [1.165, 1.54) is 270 Å².